The van der Waals surface area contributed by atoms with Crippen LogP contribution in [0.4, 0.5) is 5.82 Å². The molecule has 0 saturated carbocycles. The Kier molecular flexibility index (Phi) is 5.63. The number of aliphatic hydroxyl groups excluding tert-OH is 1. The predicted molar refractivity (Wildman–Crippen MR) is 117 cm³/mol. The Bertz CT molecular complexity index is 1230. The number of aryl methyl sites for hydroxylation is 1. The van der Waals surface area contributed by atoms with Gasteiger partial charge < -0.3 is 19.5 Å². The van der Waals surface area contributed by atoms with Gasteiger partial charge in [0.05, 0.1) is 18.2 Å². The van der Waals surface area contributed by atoms with Crippen LogP contribution in [-0.2, 0) is 9.59 Å². The molecule has 1 fully saturated rings. The van der Waals surface area contributed by atoms with Gasteiger partial charge in [0.25, 0.3) is 5.78 Å². The number of carbonyl (C=O) groups excluding carboxylic acids is 2. The minimum atomic E-state index is -1.03. The number of Topliss-reactive ketones (excluding diaryl/α,β-unsaturated/α-hetero) is 1. The molecule has 8 nitrogen and oxygen atoms in total. The second-order valence-corrected chi connectivity index (χ2v) is 7.57. The van der Waals surface area contributed by atoms with Crippen molar-refractivity contribution in [2.24, 2.45) is 0 Å². The van der Waals surface area contributed by atoms with Crippen molar-refractivity contribution < 1.29 is 29.1 Å². The highest BCUT2D eigenvalue weighted by molar-refractivity contribution is 6.51. The molecule has 1 atom stereocenters. The second-order valence-electron chi connectivity index (χ2n) is 7.13. The number of phenols is 1. The smallest absolute Gasteiger partial charge is 0.301 e. The van der Waals surface area contributed by atoms with Gasteiger partial charge in [0.15, 0.2) is 17.3 Å². The number of amides is 1. The number of aromatic nitrogens is 1. The van der Waals surface area contributed by atoms with E-state index in [9.17, 15) is 19.8 Å². The highest BCUT2D eigenvalue weighted by atomic mass is 35.5. The fraction of sp³-hybridized carbons (Fsp3) is 0.174. The van der Waals surface area contributed by atoms with E-state index >= 15 is 0 Å². The molecule has 2 N–H and O–H groups in total. The lowest BCUT2D eigenvalue weighted by Crippen LogP contribution is -2.29. The van der Waals surface area contributed by atoms with E-state index in [1.807, 2.05) is 0 Å². The van der Waals surface area contributed by atoms with Gasteiger partial charge in [-0.05, 0) is 55.8 Å². The fourth-order valence-corrected chi connectivity index (χ4v) is 3.71. The summed E-state index contributed by atoms with van der Waals surface area (Å²) >= 11 is 5.94. The maximum absolute atomic E-state index is 13.1. The third-order valence-corrected chi connectivity index (χ3v) is 5.28. The van der Waals surface area contributed by atoms with Crippen LogP contribution >= 0.6 is 11.6 Å². The third kappa shape index (κ3) is 3.69. The molecule has 32 heavy (non-hydrogen) atoms. The van der Waals surface area contributed by atoms with Gasteiger partial charge in [-0.3, -0.25) is 14.5 Å². The predicted octanol–water partition coefficient (Wildman–Crippen LogP) is 4.37. The van der Waals surface area contributed by atoms with E-state index in [1.165, 1.54) is 18.2 Å². The van der Waals surface area contributed by atoms with Gasteiger partial charge >= 0.3 is 5.91 Å². The zero-order valence-electron chi connectivity index (χ0n) is 17.2. The van der Waals surface area contributed by atoms with Gasteiger partial charge in [-0.2, -0.15) is 0 Å². The number of carbonyl (C=O) groups is 2. The number of hydrogen-bond donors (Lipinski definition) is 2. The normalized spacial score (nSPS) is 17.7. The second kappa shape index (κ2) is 8.39. The van der Waals surface area contributed by atoms with E-state index in [1.54, 1.807) is 44.2 Å². The van der Waals surface area contributed by atoms with Crippen molar-refractivity contribution in [3.05, 3.63) is 76.0 Å². The van der Waals surface area contributed by atoms with Crippen LogP contribution < -0.4 is 9.64 Å². The maximum atomic E-state index is 13.1. The molecule has 0 bridgehead atoms. The SMILES string of the molecule is CCOc1cc(C2/C(=C(/O)c3ccc(Cl)cc3)C(=O)C(=O)N2c2cc(C)on2)ccc1O. The first kappa shape index (κ1) is 21.5. The third-order valence-electron chi connectivity index (χ3n) is 5.02. The highest BCUT2D eigenvalue weighted by Crippen LogP contribution is 2.43. The Balaban J connectivity index is 1.94. The maximum Gasteiger partial charge on any atom is 0.301 e. The van der Waals surface area contributed by atoms with Crippen molar-refractivity contribution in [2.75, 3.05) is 11.5 Å². The van der Waals surface area contributed by atoms with Gasteiger partial charge in [-0.25, -0.2) is 0 Å². The Hall–Kier alpha value is -3.78. The molecule has 1 aliphatic rings. The molecule has 1 unspecified atom stereocenters. The summed E-state index contributed by atoms with van der Waals surface area (Å²) in [4.78, 5) is 27.2. The molecule has 9 heteroatoms. The van der Waals surface area contributed by atoms with E-state index in [-0.39, 0.29) is 28.6 Å². The number of phenolic OH excluding ortho intramolecular Hbond substituents is 1. The molecule has 0 aliphatic carbocycles. The van der Waals surface area contributed by atoms with Crippen LogP contribution in [0.3, 0.4) is 0 Å². The lowest BCUT2D eigenvalue weighted by atomic mass is 9.95. The number of nitrogens with zero attached hydrogens (tertiary/aromatic N) is 2. The van der Waals surface area contributed by atoms with Gasteiger partial charge in [0.1, 0.15) is 11.5 Å². The molecule has 1 aromatic heterocycles. The Morgan fingerprint density at radius 1 is 1.19 bits per heavy atom. The fourth-order valence-electron chi connectivity index (χ4n) is 3.59. The number of anilines is 1. The number of aliphatic hydroxyl groups is 1. The highest BCUT2D eigenvalue weighted by Gasteiger charge is 2.48. The Morgan fingerprint density at radius 3 is 2.53 bits per heavy atom. The van der Waals surface area contributed by atoms with Crippen LogP contribution in [0.25, 0.3) is 5.76 Å². The first-order chi connectivity index (χ1) is 15.3. The summed E-state index contributed by atoms with van der Waals surface area (Å²) in [6, 6.07) is 11.2. The largest absolute Gasteiger partial charge is 0.507 e. The number of rotatable bonds is 5. The van der Waals surface area contributed by atoms with Gasteiger partial charge in [0, 0.05) is 16.7 Å². The molecule has 0 radical (unpaired) electrons. The molecule has 1 amide bonds. The van der Waals surface area contributed by atoms with E-state index in [4.69, 9.17) is 20.9 Å². The summed E-state index contributed by atoms with van der Waals surface area (Å²) in [5.74, 6) is -1.46. The first-order valence-corrected chi connectivity index (χ1v) is 10.2. The number of hydrogen-bond acceptors (Lipinski definition) is 7. The van der Waals surface area contributed by atoms with Crippen LogP contribution in [-0.4, -0.2) is 33.7 Å². The van der Waals surface area contributed by atoms with Crippen LogP contribution in [0.1, 0.15) is 29.9 Å². The van der Waals surface area contributed by atoms with Crippen molar-refractivity contribution in [2.45, 2.75) is 19.9 Å². The van der Waals surface area contributed by atoms with Crippen LogP contribution in [0.15, 0.2) is 58.6 Å². The first-order valence-electron chi connectivity index (χ1n) is 9.77. The number of benzene rings is 2. The summed E-state index contributed by atoms with van der Waals surface area (Å²) < 4.78 is 10.6. The number of ketones is 1. The minimum Gasteiger partial charge on any atom is -0.507 e. The van der Waals surface area contributed by atoms with Gasteiger partial charge in [-0.1, -0.05) is 22.8 Å². The van der Waals surface area contributed by atoms with E-state index in [0.717, 1.165) is 4.90 Å². The summed E-state index contributed by atoms with van der Waals surface area (Å²) in [7, 11) is 0. The number of aromatic hydroxyl groups is 1. The topological polar surface area (TPSA) is 113 Å². The standard InChI is InChI=1S/C23H19ClN2O6/c1-3-31-17-11-14(6-9-16(17)27)20-19(21(28)13-4-7-15(24)8-5-13)22(29)23(30)26(20)18-10-12(2)32-25-18/h4-11,20,27-28H,3H2,1-2H3/b21-19-. The zero-order valence-corrected chi connectivity index (χ0v) is 18.0. The zero-order chi connectivity index (χ0) is 23.0. The summed E-state index contributed by atoms with van der Waals surface area (Å²) in [6.45, 7) is 3.71. The van der Waals surface area contributed by atoms with Crippen molar-refractivity contribution in [3.8, 4) is 11.5 Å². The summed E-state index contributed by atoms with van der Waals surface area (Å²) in [5.41, 5.74) is 0.616. The average Bonchev–Trinajstić information content (AvgIpc) is 3.31. The van der Waals surface area contributed by atoms with Gasteiger partial charge in [-0.15, -0.1) is 0 Å². The molecule has 2 aromatic carbocycles. The van der Waals surface area contributed by atoms with Crippen molar-refractivity contribution >= 4 is 34.9 Å². The van der Waals surface area contributed by atoms with Gasteiger partial charge in [0.2, 0.25) is 0 Å². The molecule has 3 aromatic rings. The van der Waals surface area contributed by atoms with E-state index < -0.39 is 17.7 Å². The average molecular weight is 455 g/mol. The van der Waals surface area contributed by atoms with E-state index in [0.29, 0.717) is 28.5 Å². The monoisotopic (exact) mass is 454 g/mol. The molecule has 0 spiro atoms. The molecule has 4 rings (SSSR count). The molecular weight excluding hydrogens is 436 g/mol. The Labute approximate surface area is 188 Å². The number of halogens is 1. The lowest BCUT2D eigenvalue weighted by molar-refractivity contribution is -0.132. The van der Waals surface area contributed by atoms with Crippen molar-refractivity contribution in [3.63, 3.8) is 0 Å². The van der Waals surface area contributed by atoms with Crippen molar-refractivity contribution in [1.82, 2.24) is 5.16 Å². The molecule has 2 heterocycles. The minimum absolute atomic E-state index is 0.0949. The number of ether oxygens (including phenoxy) is 1. The van der Waals surface area contributed by atoms with E-state index in [2.05, 4.69) is 5.16 Å². The summed E-state index contributed by atoms with van der Waals surface area (Å²) in [6.07, 6.45) is 0. The molecular formula is C23H19ClN2O6. The van der Waals surface area contributed by atoms with Crippen LogP contribution in [0.2, 0.25) is 5.02 Å². The molecule has 1 saturated heterocycles. The summed E-state index contributed by atoms with van der Waals surface area (Å²) in [5, 5.41) is 25.5. The Morgan fingerprint density at radius 2 is 1.91 bits per heavy atom. The molecule has 1 aliphatic heterocycles. The van der Waals surface area contributed by atoms with Crippen LogP contribution in [0.5, 0.6) is 11.5 Å². The quantitative estimate of drug-likeness (QED) is 0.334. The van der Waals surface area contributed by atoms with Crippen LogP contribution in [0, 0.1) is 6.92 Å². The lowest BCUT2D eigenvalue weighted by Gasteiger charge is -2.23. The molecule has 164 valence electrons. The van der Waals surface area contributed by atoms with Crippen molar-refractivity contribution in [1.29, 1.82) is 0 Å².